The summed E-state index contributed by atoms with van der Waals surface area (Å²) in [5.74, 6) is 0. The lowest BCUT2D eigenvalue weighted by molar-refractivity contribution is 1.27. The molecule has 0 aliphatic carbocycles. The zero-order valence-electron chi connectivity index (χ0n) is 9.49. The lowest BCUT2D eigenvalue weighted by Crippen LogP contribution is -1.94. The summed E-state index contributed by atoms with van der Waals surface area (Å²) in [6.45, 7) is 4.18. The molecule has 0 fully saturated rings. The molecule has 0 atom stereocenters. The molecule has 0 saturated heterocycles. The molecule has 0 aromatic heterocycles. The van der Waals surface area contributed by atoms with Crippen molar-refractivity contribution in [3.8, 4) is 11.1 Å². The zero-order valence-corrected chi connectivity index (χ0v) is 10.4. The average Bonchev–Trinajstić information content (AvgIpc) is 2.27. The zero-order chi connectivity index (χ0) is 11.7. The van der Waals surface area contributed by atoms with Crippen LogP contribution >= 0.6 is 12.6 Å². The van der Waals surface area contributed by atoms with Crippen LogP contribution in [0, 0.1) is 13.8 Å². The van der Waals surface area contributed by atoms with E-state index >= 15 is 0 Å². The van der Waals surface area contributed by atoms with E-state index in [1.54, 1.807) is 0 Å². The van der Waals surface area contributed by atoms with Gasteiger partial charge in [-0.15, -0.1) is 12.6 Å². The predicted molar refractivity (Wildman–Crippen MR) is 73.0 cm³/mol. The lowest BCUT2D eigenvalue weighted by Gasteiger charge is -2.13. The Bertz CT molecular complexity index is 532. The molecule has 2 aromatic rings. The van der Waals surface area contributed by atoms with Crippen LogP contribution in [0.15, 0.2) is 41.3 Å². The Kier molecular flexibility index (Phi) is 2.92. The number of hydrogen-bond acceptors (Lipinski definition) is 2. The first kappa shape index (κ1) is 11.1. The second-order valence-corrected chi connectivity index (χ2v) is 4.47. The van der Waals surface area contributed by atoms with E-state index in [-0.39, 0.29) is 0 Å². The second-order valence-electron chi connectivity index (χ2n) is 3.99. The van der Waals surface area contributed by atoms with E-state index in [0.29, 0.717) is 0 Å². The first-order valence-electron chi connectivity index (χ1n) is 5.25. The van der Waals surface area contributed by atoms with Crippen LogP contribution in [-0.4, -0.2) is 0 Å². The van der Waals surface area contributed by atoms with E-state index in [9.17, 15) is 0 Å². The van der Waals surface area contributed by atoms with Gasteiger partial charge in [-0.3, -0.25) is 0 Å². The van der Waals surface area contributed by atoms with Crippen LogP contribution in [0.25, 0.3) is 11.1 Å². The summed E-state index contributed by atoms with van der Waals surface area (Å²) < 4.78 is 0. The summed E-state index contributed by atoms with van der Waals surface area (Å²) in [7, 11) is 0. The van der Waals surface area contributed by atoms with Crippen molar-refractivity contribution in [3.05, 3.63) is 47.5 Å². The summed E-state index contributed by atoms with van der Waals surface area (Å²) in [5.41, 5.74) is 11.5. The predicted octanol–water partition coefficient (Wildman–Crippen LogP) is 3.84. The highest BCUT2D eigenvalue weighted by atomic mass is 32.1. The SMILES string of the molecule is Cc1ccc(S)c(C)c1-c1ccccc1N. The van der Waals surface area contributed by atoms with Crippen molar-refractivity contribution in [1.82, 2.24) is 0 Å². The molecule has 0 heterocycles. The molecule has 0 unspecified atom stereocenters. The van der Waals surface area contributed by atoms with E-state index < -0.39 is 0 Å². The van der Waals surface area contributed by atoms with Crippen molar-refractivity contribution >= 4 is 18.3 Å². The number of para-hydroxylation sites is 1. The third kappa shape index (κ3) is 1.81. The van der Waals surface area contributed by atoms with Gasteiger partial charge in [0, 0.05) is 16.1 Å². The number of rotatable bonds is 1. The van der Waals surface area contributed by atoms with Gasteiger partial charge in [-0.25, -0.2) is 0 Å². The number of anilines is 1. The van der Waals surface area contributed by atoms with Crippen molar-refractivity contribution in [3.63, 3.8) is 0 Å². The summed E-state index contributed by atoms with van der Waals surface area (Å²) in [4.78, 5) is 1.00. The van der Waals surface area contributed by atoms with E-state index in [1.165, 1.54) is 16.7 Å². The molecule has 0 spiro atoms. The Morgan fingerprint density at radius 3 is 2.38 bits per heavy atom. The van der Waals surface area contributed by atoms with E-state index in [2.05, 4.69) is 38.6 Å². The van der Waals surface area contributed by atoms with Gasteiger partial charge in [0.1, 0.15) is 0 Å². The standard InChI is InChI=1S/C14H15NS/c1-9-7-8-13(16)10(2)14(9)11-5-3-4-6-12(11)15/h3-8,16H,15H2,1-2H3. The summed E-state index contributed by atoms with van der Waals surface area (Å²) in [5, 5.41) is 0. The maximum Gasteiger partial charge on any atom is 0.0393 e. The quantitative estimate of drug-likeness (QED) is 0.564. The molecule has 2 aromatic carbocycles. The minimum atomic E-state index is 0.813. The van der Waals surface area contributed by atoms with E-state index in [4.69, 9.17) is 5.73 Å². The molecule has 0 bridgehead atoms. The number of aryl methyl sites for hydroxylation is 1. The van der Waals surface area contributed by atoms with Crippen LogP contribution in [-0.2, 0) is 0 Å². The molecule has 0 saturated carbocycles. The van der Waals surface area contributed by atoms with Gasteiger partial charge in [0.05, 0.1) is 0 Å². The van der Waals surface area contributed by atoms with Crippen molar-refractivity contribution < 1.29 is 0 Å². The Hall–Kier alpha value is -1.41. The maximum atomic E-state index is 6.02. The Labute approximate surface area is 102 Å². The van der Waals surface area contributed by atoms with Gasteiger partial charge in [0.2, 0.25) is 0 Å². The van der Waals surface area contributed by atoms with Crippen LogP contribution in [0.4, 0.5) is 5.69 Å². The van der Waals surface area contributed by atoms with Gasteiger partial charge in [-0.1, -0.05) is 24.3 Å². The van der Waals surface area contributed by atoms with E-state index in [0.717, 1.165) is 16.1 Å². The summed E-state index contributed by atoms with van der Waals surface area (Å²) in [6, 6.07) is 12.1. The maximum absolute atomic E-state index is 6.02. The fourth-order valence-corrected chi connectivity index (χ4v) is 2.16. The number of thiol groups is 1. The molecular formula is C14H15NS. The monoisotopic (exact) mass is 229 g/mol. The molecule has 0 radical (unpaired) electrons. The largest absolute Gasteiger partial charge is 0.398 e. The molecule has 2 heteroatoms. The molecule has 16 heavy (non-hydrogen) atoms. The molecule has 2 N–H and O–H groups in total. The second kappa shape index (κ2) is 4.22. The third-order valence-corrected chi connectivity index (χ3v) is 3.36. The smallest absolute Gasteiger partial charge is 0.0393 e. The first-order valence-corrected chi connectivity index (χ1v) is 5.70. The van der Waals surface area contributed by atoms with Crippen LogP contribution in [0.3, 0.4) is 0 Å². The third-order valence-electron chi connectivity index (χ3n) is 2.87. The van der Waals surface area contributed by atoms with Crippen LogP contribution in [0.1, 0.15) is 11.1 Å². The molecule has 1 nitrogen and oxygen atoms in total. The molecule has 2 rings (SSSR count). The fourth-order valence-electron chi connectivity index (χ4n) is 1.98. The van der Waals surface area contributed by atoms with Gasteiger partial charge >= 0.3 is 0 Å². The highest BCUT2D eigenvalue weighted by Crippen LogP contribution is 2.34. The lowest BCUT2D eigenvalue weighted by atomic mass is 9.94. The molecule has 82 valence electrons. The Morgan fingerprint density at radius 1 is 1.00 bits per heavy atom. The Morgan fingerprint density at radius 2 is 1.69 bits per heavy atom. The fraction of sp³-hybridized carbons (Fsp3) is 0.143. The molecular weight excluding hydrogens is 214 g/mol. The number of benzene rings is 2. The van der Waals surface area contributed by atoms with Crippen molar-refractivity contribution in [2.75, 3.05) is 5.73 Å². The van der Waals surface area contributed by atoms with Crippen molar-refractivity contribution in [1.29, 1.82) is 0 Å². The van der Waals surface area contributed by atoms with Crippen molar-refractivity contribution in [2.45, 2.75) is 18.7 Å². The van der Waals surface area contributed by atoms with Crippen molar-refractivity contribution in [2.24, 2.45) is 0 Å². The number of nitrogens with two attached hydrogens (primary N) is 1. The topological polar surface area (TPSA) is 26.0 Å². The summed E-state index contributed by atoms with van der Waals surface area (Å²) >= 11 is 4.46. The molecule has 0 aliphatic heterocycles. The van der Waals surface area contributed by atoms with Gasteiger partial charge < -0.3 is 5.73 Å². The molecule has 0 aliphatic rings. The number of nitrogen functional groups attached to an aromatic ring is 1. The van der Waals surface area contributed by atoms with Crippen LogP contribution in [0.5, 0.6) is 0 Å². The molecule has 0 amide bonds. The highest BCUT2D eigenvalue weighted by molar-refractivity contribution is 7.80. The Balaban J connectivity index is 2.74. The summed E-state index contributed by atoms with van der Waals surface area (Å²) in [6.07, 6.45) is 0. The van der Waals surface area contributed by atoms with Gasteiger partial charge in [-0.05, 0) is 42.7 Å². The van der Waals surface area contributed by atoms with Gasteiger partial charge in [-0.2, -0.15) is 0 Å². The minimum Gasteiger partial charge on any atom is -0.398 e. The normalized spacial score (nSPS) is 10.4. The first-order chi connectivity index (χ1) is 7.61. The van der Waals surface area contributed by atoms with Crippen LogP contribution < -0.4 is 5.73 Å². The minimum absolute atomic E-state index is 0.813. The van der Waals surface area contributed by atoms with Crippen LogP contribution in [0.2, 0.25) is 0 Å². The van der Waals surface area contributed by atoms with Gasteiger partial charge in [0.25, 0.3) is 0 Å². The van der Waals surface area contributed by atoms with Gasteiger partial charge in [0.15, 0.2) is 0 Å². The number of hydrogen-bond donors (Lipinski definition) is 2. The van der Waals surface area contributed by atoms with E-state index in [1.807, 2.05) is 24.3 Å². The average molecular weight is 229 g/mol. The highest BCUT2D eigenvalue weighted by Gasteiger charge is 2.09.